The summed E-state index contributed by atoms with van der Waals surface area (Å²) in [7, 11) is 11.4. The molecule has 2 N–H and O–H groups in total. The van der Waals surface area contributed by atoms with Crippen LogP contribution in [-0.2, 0) is 11.3 Å². The highest BCUT2D eigenvalue weighted by Crippen LogP contribution is 2.19. The SMILES string of the molecule is CN(C)c1ccc(/C=C/c2cccc[n+]2CC(=O)NCCSSCCNC(=O)[n+]2ccccc2/C=C/c2ccc(N(C)C)cc2)cc1. The zero-order chi connectivity index (χ0) is 33.4. The van der Waals surface area contributed by atoms with Gasteiger partial charge < -0.3 is 15.1 Å². The van der Waals surface area contributed by atoms with Crippen molar-refractivity contribution < 1.29 is 18.7 Å². The highest BCUT2D eigenvalue weighted by atomic mass is 33.1. The molecule has 10 heteroatoms. The van der Waals surface area contributed by atoms with Crippen molar-refractivity contribution in [2.24, 2.45) is 0 Å². The fourth-order valence-electron chi connectivity index (χ4n) is 4.54. The van der Waals surface area contributed by atoms with E-state index in [9.17, 15) is 9.59 Å². The molecule has 0 fully saturated rings. The van der Waals surface area contributed by atoms with E-state index in [1.165, 1.54) is 0 Å². The number of amides is 2. The molecule has 0 atom stereocenters. The normalized spacial score (nSPS) is 11.1. The summed E-state index contributed by atoms with van der Waals surface area (Å²) in [6, 6.07) is 28.0. The van der Waals surface area contributed by atoms with E-state index in [0.29, 0.717) is 13.1 Å². The molecule has 47 heavy (non-hydrogen) atoms. The molecular weight excluding hydrogens is 625 g/mol. The Morgan fingerprint density at radius 3 is 1.72 bits per heavy atom. The number of anilines is 2. The Morgan fingerprint density at radius 2 is 1.15 bits per heavy atom. The number of benzene rings is 2. The molecule has 2 aromatic carbocycles. The smallest absolute Gasteiger partial charge is 0.378 e. The molecule has 0 aliphatic rings. The Labute approximate surface area is 286 Å². The van der Waals surface area contributed by atoms with Crippen LogP contribution >= 0.6 is 21.6 Å². The van der Waals surface area contributed by atoms with Crippen LogP contribution in [-0.4, -0.2) is 64.7 Å². The fourth-order valence-corrected chi connectivity index (χ4v) is 6.35. The van der Waals surface area contributed by atoms with Crippen molar-refractivity contribution in [2.45, 2.75) is 6.54 Å². The molecule has 0 aliphatic heterocycles. The molecule has 0 saturated carbocycles. The van der Waals surface area contributed by atoms with Crippen molar-refractivity contribution in [3.8, 4) is 0 Å². The molecule has 0 spiro atoms. The predicted molar refractivity (Wildman–Crippen MR) is 199 cm³/mol. The van der Waals surface area contributed by atoms with Gasteiger partial charge in [-0.3, -0.25) is 4.79 Å². The lowest BCUT2D eigenvalue weighted by molar-refractivity contribution is -0.686. The second kappa shape index (κ2) is 18.6. The predicted octanol–water partition coefficient (Wildman–Crippen LogP) is 5.49. The summed E-state index contributed by atoms with van der Waals surface area (Å²) >= 11 is 0. The van der Waals surface area contributed by atoms with Crippen molar-refractivity contribution in [2.75, 3.05) is 62.6 Å². The van der Waals surface area contributed by atoms with Gasteiger partial charge in [-0.05, 0) is 65.7 Å². The molecule has 0 unspecified atom stereocenters. The maximum atomic E-state index is 12.9. The molecular formula is C37H44N6O2S2+2. The van der Waals surface area contributed by atoms with Crippen LogP contribution in [0.15, 0.2) is 97.3 Å². The Hall–Kier alpha value is -4.54. The summed E-state index contributed by atoms with van der Waals surface area (Å²) < 4.78 is 3.56. The van der Waals surface area contributed by atoms with Gasteiger partial charge >= 0.3 is 6.03 Å². The number of nitrogens with zero attached hydrogens (tertiary/aromatic N) is 4. The molecule has 244 valence electrons. The average Bonchev–Trinajstić information content (AvgIpc) is 3.08. The van der Waals surface area contributed by atoms with Crippen molar-refractivity contribution in [3.63, 3.8) is 0 Å². The maximum Gasteiger partial charge on any atom is 0.496 e. The summed E-state index contributed by atoms with van der Waals surface area (Å²) in [6.45, 7) is 1.37. The summed E-state index contributed by atoms with van der Waals surface area (Å²) in [5.41, 5.74) is 6.21. The molecule has 0 radical (unpaired) electrons. The summed E-state index contributed by atoms with van der Waals surface area (Å²) in [4.78, 5) is 29.6. The average molecular weight is 669 g/mol. The second-order valence-electron chi connectivity index (χ2n) is 11.1. The van der Waals surface area contributed by atoms with Crippen molar-refractivity contribution in [1.29, 1.82) is 0 Å². The van der Waals surface area contributed by atoms with E-state index in [-0.39, 0.29) is 18.5 Å². The molecule has 2 amide bonds. The highest BCUT2D eigenvalue weighted by molar-refractivity contribution is 8.76. The molecule has 4 rings (SSSR count). The van der Waals surface area contributed by atoms with Gasteiger partial charge in [0.25, 0.3) is 5.91 Å². The van der Waals surface area contributed by atoms with Crippen LogP contribution in [0.25, 0.3) is 24.3 Å². The van der Waals surface area contributed by atoms with Crippen LogP contribution in [0, 0.1) is 0 Å². The number of carbonyl (C=O) groups excluding carboxylic acids is 2. The van der Waals surface area contributed by atoms with Gasteiger partial charge in [0, 0.05) is 75.8 Å². The molecule has 0 aliphatic carbocycles. The van der Waals surface area contributed by atoms with Gasteiger partial charge in [0.15, 0.2) is 6.20 Å². The zero-order valence-corrected chi connectivity index (χ0v) is 29.1. The molecule has 0 saturated heterocycles. The van der Waals surface area contributed by atoms with Gasteiger partial charge in [-0.15, -0.1) is 0 Å². The van der Waals surface area contributed by atoms with E-state index in [2.05, 4.69) is 75.0 Å². The summed E-state index contributed by atoms with van der Waals surface area (Å²) in [5, 5.41) is 6.01. The van der Waals surface area contributed by atoms with E-state index in [4.69, 9.17) is 0 Å². The lowest BCUT2D eigenvalue weighted by atomic mass is 10.1. The minimum absolute atomic E-state index is 0.0284. The lowest BCUT2D eigenvalue weighted by Crippen LogP contribution is -2.52. The summed E-state index contributed by atoms with van der Waals surface area (Å²) in [6.07, 6.45) is 11.7. The fraction of sp³-hybridized carbons (Fsp3) is 0.243. The van der Waals surface area contributed by atoms with Crippen molar-refractivity contribution in [1.82, 2.24) is 10.6 Å². The van der Waals surface area contributed by atoms with Gasteiger partial charge in [-0.25, -0.2) is 5.32 Å². The van der Waals surface area contributed by atoms with Gasteiger partial charge in [0.1, 0.15) is 5.69 Å². The maximum absolute atomic E-state index is 12.9. The lowest BCUT2D eigenvalue weighted by Gasteiger charge is -2.11. The molecule has 0 bridgehead atoms. The first kappa shape index (κ1) is 35.3. The van der Waals surface area contributed by atoms with Crippen LogP contribution in [0.3, 0.4) is 0 Å². The standard InChI is InChI=1S/C37H42N6O2S2/c1-40(2)32-17-11-30(12-18-32)15-21-34-9-5-7-25-42(34)29-36(44)38-23-27-46-47-28-24-39-37(45)43-26-8-6-10-35(43)22-16-31-13-19-33(20-14-31)41(3)4/h5-22,25-26H,23-24,27-29H2,1-4H3/p+2. The number of aromatic nitrogens is 2. The van der Waals surface area contributed by atoms with Crippen molar-refractivity contribution in [3.05, 3.63) is 120 Å². The van der Waals surface area contributed by atoms with Crippen molar-refractivity contribution >= 4 is 69.2 Å². The van der Waals surface area contributed by atoms with Crippen LogP contribution in [0.1, 0.15) is 22.5 Å². The number of hydrogen-bond acceptors (Lipinski definition) is 6. The van der Waals surface area contributed by atoms with Crippen LogP contribution in [0.5, 0.6) is 0 Å². The first-order valence-electron chi connectivity index (χ1n) is 15.5. The monoisotopic (exact) mass is 668 g/mol. The number of nitrogens with one attached hydrogen (secondary N) is 2. The summed E-state index contributed by atoms with van der Waals surface area (Å²) in [5.74, 6) is 1.51. The Morgan fingerprint density at radius 1 is 0.638 bits per heavy atom. The van der Waals surface area contributed by atoms with Gasteiger partial charge in [-0.2, -0.15) is 13.9 Å². The van der Waals surface area contributed by atoms with E-state index >= 15 is 0 Å². The minimum Gasteiger partial charge on any atom is -0.378 e. The highest BCUT2D eigenvalue weighted by Gasteiger charge is 2.15. The number of carbonyl (C=O) groups is 2. The van der Waals surface area contributed by atoms with E-state index in [1.807, 2.05) is 93.6 Å². The van der Waals surface area contributed by atoms with E-state index in [0.717, 1.165) is 45.4 Å². The Balaban J connectivity index is 1.13. The Kier molecular flexibility index (Phi) is 14.0. The van der Waals surface area contributed by atoms with E-state index < -0.39 is 0 Å². The van der Waals surface area contributed by atoms with Gasteiger partial charge in [-0.1, -0.05) is 58.0 Å². The minimum atomic E-state index is -0.166. The third-order valence-corrected chi connectivity index (χ3v) is 9.57. The quantitative estimate of drug-likeness (QED) is 0.0993. The number of pyridine rings is 2. The van der Waals surface area contributed by atoms with E-state index in [1.54, 1.807) is 32.4 Å². The topological polar surface area (TPSA) is 72.4 Å². The first-order chi connectivity index (χ1) is 22.8. The Bertz CT molecular complexity index is 1650. The van der Waals surface area contributed by atoms with Crippen LogP contribution in [0.4, 0.5) is 16.2 Å². The molecule has 2 heterocycles. The molecule has 8 nitrogen and oxygen atoms in total. The van der Waals surface area contributed by atoms with Gasteiger partial charge in [0.05, 0.1) is 12.7 Å². The van der Waals surface area contributed by atoms with Gasteiger partial charge in [0.2, 0.25) is 12.2 Å². The second-order valence-corrected chi connectivity index (χ2v) is 13.8. The molecule has 2 aromatic heterocycles. The van der Waals surface area contributed by atoms with Crippen LogP contribution < -0.4 is 29.6 Å². The van der Waals surface area contributed by atoms with Crippen LogP contribution in [0.2, 0.25) is 0 Å². The number of rotatable bonds is 15. The zero-order valence-electron chi connectivity index (χ0n) is 27.5. The first-order valence-corrected chi connectivity index (χ1v) is 18.0. The third kappa shape index (κ3) is 11.6. The molecule has 4 aromatic rings. The number of hydrogen-bond donors (Lipinski definition) is 2. The third-order valence-electron chi connectivity index (χ3n) is 7.16. The largest absolute Gasteiger partial charge is 0.496 e.